The predicted molar refractivity (Wildman–Crippen MR) is 74.3 cm³/mol. The SMILES string of the molecule is CCNCc1ccc(C(O)c2ccccc2)cc1. The summed E-state index contributed by atoms with van der Waals surface area (Å²) in [6, 6.07) is 17.8. The van der Waals surface area contributed by atoms with E-state index in [1.165, 1.54) is 5.56 Å². The summed E-state index contributed by atoms with van der Waals surface area (Å²) in [6.07, 6.45) is -0.542. The van der Waals surface area contributed by atoms with E-state index in [0.717, 1.165) is 24.2 Å². The number of hydrogen-bond donors (Lipinski definition) is 2. The Labute approximate surface area is 108 Å². The lowest BCUT2D eigenvalue weighted by molar-refractivity contribution is 0.220. The van der Waals surface area contributed by atoms with E-state index >= 15 is 0 Å². The lowest BCUT2D eigenvalue weighted by Gasteiger charge is -2.12. The Balaban J connectivity index is 2.09. The molecule has 0 amide bonds. The largest absolute Gasteiger partial charge is 0.384 e. The molecule has 1 unspecified atom stereocenters. The first-order valence-electron chi connectivity index (χ1n) is 6.34. The zero-order valence-corrected chi connectivity index (χ0v) is 10.6. The van der Waals surface area contributed by atoms with Gasteiger partial charge in [-0.15, -0.1) is 0 Å². The Morgan fingerprint density at radius 2 is 1.56 bits per heavy atom. The van der Waals surface area contributed by atoms with Gasteiger partial charge in [0.1, 0.15) is 6.10 Å². The second-order valence-electron chi connectivity index (χ2n) is 4.34. The molecular weight excluding hydrogens is 222 g/mol. The van der Waals surface area contributed by atoms with E-state index in [-0.39, 0.29) is 0 Å². The van der Waals surface area contributed by atoms with Crippen molar-refractivity contribution >= 4 is 0 Å². The van der Waals surface area contributed by atoms with Crippen LogP contribution in [0, 0.1) is 0 Å². The van der Waals surface area contributed by atoms with Gasteiger partial charge >= 0.3 is 0 Å². The third-order valence-corrected chi connectivity index (χ3v) is 2.99. The van der Waals surface area contributed by atoms with Crippen LogP contribution in [0.25, 0.3) is 0 Å². The third kappa shape index (κ3) is 3.19. The highest BCUT2D eigenvalue weighted by Crippen LogP contribution is 2.21. The number of benzene rings is 2. The first kappa shape index (κ1) is 12.8. The fourth-order valence-electron chi connectivity index (χ4n) is 1.91. The highest BCUT2D eigenvalue weighted by atomic mass is 16.3. The molecule has 0 aliphatic heterocycles. The zero-order chi connectivity index (χ0) is 12.8. The van der Waals surface area contributed by atoms with Crippen molar-refractivity contribution in [2.75, 3.05) is 6.54 Å². The van der Waals surface area contributed by atoms with Crippen LogP contribution in [0.3, 0.4) is 0 Å². The van der Waals surface area contributed by atoms with Crippen molar-refractivity contribution in [3.63, 3.8) is 0 Å². The zero-order valence-electron chi connectivity index (χ0n) is 10.6. The van der Waals surface area contributed by atoms with Crippen molar-refractivity contribution in [2.45, 2.75) is 19.6 Å². The van der Waals surface area contributed by atoms with Gasteiger partial charge in [-0.2, -0.15) is 0 Å². The van der Waals surface area contributed by atoms with Crippen LogP contribution in [0.1, 0.15) is 29.7 Å². The maximum absolute atomic E-state index is 10.2. The van der Waals surface area contributed by atoms with E-state index < -0.39 is 6.10 Å². The number of hydrogen-bond acceptors (Lipinski definition) is 2. The lowest BCUT2D eigenvalue weighted by atomic mass is 10.0. The summed E-state index contributed by atoms with van der Waals surface area (Å²) in [5.74, 6) is 0. The minimum atomic E-state index is -0.542. The molecule has 2 heteroatoms. The normalized spacial score (nSPS) is 12.3. The minimum absolute atomic E-state index is 0.542. The van der Waals surface area contributed by atoms with Crippen molar-refractivity contribution in [1.82, 2.24) is 5.32 Å². The fourth-order valence-corrected chi connectivity index (χ4v) is 1.91. The van der Waals surface area contributed by atoms with Gasteiger partial charge in [0, 0.05) is 6.54 Å². The van der Waals surface area contributed by atoms with E-state index in [0.29, 0.717) is 0 Å². The Kier molecular flexibility index (Phi) is 4.51. The Morgan fingerprint density at radius 3 is 2.17 bits per heavy atom. The fraction of sp³-hybridized carbons (Fsp3) is 0.250. The highest BCUT2D eigenvalue weighted by molar-refractivity contribution is 5.31. The lowest BCUT2D eigenvalue weighted by Crippen LogP contribution is -2.11. The quantitative estimate of drug-likeness (QED) is 0.843. The Hall–Kier alpha value is -1.64. The summed E-state index contributed by atoms with van der Waals surface area (Å²) < 4.78 is 0. The van der Waals surface area contributed by atoms with Crippen molar-refractivity contribution in [2.24, 2.45) is 0 Å². The topological polar surface area (TPSA) is 32.3 Å². The molecule has 0 aliphatic rings. The maximum Gasteiger partial charge on any atom is 0.104 e. The van der Waals surface area contributed by atoms with Gasteiger partial charge in [-0.25, -0.2) is 0 Å². The second-order valence-corrected chi connectivity index (χ2v) is 4.34. The molecule has 0 aromatic heterocycles. The van der Waals surface area contributed by atoms with E-state index in [4.69, 9.17) is 0 Å². The van der Waals surface area contributed by atoms with Crippen molar-refractivity contribution in [3.05, 3.63) is 71.3 Å². The number of aliphatic hydroxyl groups excluding tert-OH is 1. The molecule has 0 bridgehead atoms. The van der Waals surface area contributed by atoms with Crippen LogP contribution in [-0.4, -0.2) is 11.7 Å². The van der Waals surface area contributed by atoms with Gasteiger partial charge in [-0.1, -0.05) is 61.5 Å². The molecule has 2 nitrogen and oxygen atoms in total. The average Bonchev–Trinajstić information content (AvgIpc) is 2.46. The van der Waals surface area contributed by atoms with Gasteiger partial charge in [0.2, 0.25) is 0 Å². The van der Waals surface area contributed by atoms with Crippen LogP contribution in [0.4, 0.5) is 0 Å². The predicted octanol–water partition coefficient (Wildman–Crippen LogP) is 2.88. The summed E-state index contributed by atoms with van der Waals surface area (Å²) in [7, 11) is 0. The molecular formula is C16H19NO. The standard InChI is InChI=1S/C16H19NO/c1-2-17-12-13-8-10-15(11-9-13)16(18)14-6-4-3-5-7-14/h3-11,16-18H,2,12H2,1H3. The molecule has 0 spiro atoms. The van der Waals surface area contributed by atoms with Crippen molar-refractivity contribution in [1.29, 1.82) is 0 Å². The van der Waals surface area contributed by atoms with Crippen molar-refractivity contribution in [3.8, 4) is 0 Å². The van der Waals surface area contributed by atoms with Gasteiger partial charge in [0.05, 0.1) is 0 Å². The van der Waals surface area contributed by atoms with Crippen LogP contribution in [0.2, 0.25) is 0 Å². The molecule has 0 saturated carbocycles. The molecule has 2 rings (SSSR count). The average molecular weight is 241 g/mol. The monoisotopic (exact) mass is 241 g/mol. The van der Waals surface area contributed by atoms with E-state index in [1.54, 1.807) is 0 Å². The molecule has 0 aliphatic carbocycles. The van der Waals surface area contributed by atoms with Crippen molar-refractivity contribution < 1.29 is 5.11 Å². The van der Waals surface area contributed by atoms with Crippen LogP contribution >= 0.6 is 0 Å². The summed E-state index contributed by atoms with van der Waals surface area (Å²) >= 11 is 0. The van der Waals surface area contributed by atoms with E-state index in [2.05, 4.69) is 24.4 Å². The smallest absolute Gasteiger partial charge is 0.104 e. The van der Waals surface area contributed by atoms with Crippen LogP contribution in [-0.2, 0) is 6.54 Å². The number of nitrogens with one attached hydrogen (secondary N) is 1. The third-order valence-electron chi connectivity index (χ3n) is 2.99. The summed E-state index contributed by atoms with van der Waals surface area (Å²) in [5, 5.41) is 13.5. The number of rotatable bonds is 5. The molecule has 0 heterocycles. The van der Waals surface area contributed by atoms with Gasteiger partial charge in [-0.3, -0.25) is 0 Å². The molecule has 0 radical (unpaired) electrons. The summed E-state index contributed by atoms with van der Waals surface area (Å²) in [6.45, 7) is 3.93. The Bertz CT molecular complexity index is 464. The van der Waals surface area contributed by atoms with Crippen LogP contribution < -0.4 is 5.32 Å². The summed E-state index contributed by atoms with van der Waals surface area (Å²) in [5.41, 5.74) is 3.10. The van der Waals surface area contributed by atoms with E-state index in [1.807, 2.05) is 42.5 Å². The molecule has 94 valence electrons. The van der Waals surface area contributed by atoms with E-state index in [9.17, 15) is 5.11 Å². The van der Waals surface area contributed by atoms with Crippen LogP contribution in [0.5, 0.6) is 0 Å². The molecule has 0 saturated heterocycles. The van der Waals surface area contributed by atoms with Crippen LogP contribution in [0.15, 0.2) is 54.6 Å². The minimum Gasteiger partial charge on any atom is -0.384 e. The first-order chi connectivity index (χ1) is 8.81. The molecule has 2 aromatic rings. The molecule has 2 aromatic carbocycles. The molecule has 18 heavy (non-hydrogen) atoms. The van der Waals surface area contributed by atoms with Gasteiger partial charge in [-0.05, 0) is 23.2 Å². The second kappa shape index (κ2) is 6.34. The van der Waals surface area contributed by atoms with Gasteiger partial charge in [0.25, 0.3) is 0 Å². The Morgan fingerprint density at radius 1 is 0.944 bits per heavy atom. The maximum atomic E-state index is 10.2. The van der Waals surface area contributed by atoms with Gasteiger partial charge < -0.3 is 10.4 Å². The highest BCUT2D eigenvalue weighted by Gasteiger charge is 2.09. The molecule has 0 fully saturated rings. The number of aliphatic hydroxyl groups is 1. The van der Waals surface area contributed by atoms with Gasteiger partial charge in [0.15, 0.2) is 0 Å². The molecule has 1 atom stereocenters. The molecule has 2 N–H and O–H groups in total. The summed E-state index contributed by atoms with van der Waals surface area (Å²) in [4.78, 5) is 0. The first-order valence-corrected chi connectivity index (χ1v) is 6.34.